The first kappa shape index (κ1) is 38.6. The van der Waals surface area contributed by atoms with Crippen LogP contribution in [0.4, 0.5) is 0 Å². The number of hydrogen-bond acceptors (Lipinski definition) is 12. The molecule has 39 heavy (non-hydrogen) atoms. The summed E-state index contributed by atoms with van der Waals surface area (Å²) in [6.45, 7) is 11.5. The molecular formula is C25H54N2O10P2. The highest BCUT2D eigenvalue weighted by Crippen LogP contribution is 2.49. The van der Waals surface area contributed by atoms with Gasteiger partial charge in [-0.05, 0) is 47.0 Å². The van der Waals surface area contributed by atoms with E-state index in [0.717, 1.165) is 30.7 Å². The van der Waals surface area contributed by atoms with Gasteiger partial charge in [-0.1, -0.05) is 32.6 Å². The molecule has 0 aromatic carbocycles. The van der Waals surface area contributed by atoms with Crippen molar-refractivity contribution in [2.24, 2.45) is 0 Å². The number of hydroxylamine groups is 4. The third-order valence-corrected chi connectivity index (χ3v) is 9.87. The smallest absolute Gasteiger partial charge is 0.332 e. The molecule has 14 heteroatoms. The molecule has 1 saturated heterocycles. The molecule has 0 aliphatic carbocycles. The lowest BCUT2D eigenvalue weighted by Gasteiger charge is -2.27. The highest BCUT2D eigenvalue weighted by molar-refractivity contribution is 7.54. The van der Waals surface area contributed by atoms with Crippen LogP contribution >= 0.6 is 15.2 Å². The van der Waals surface area contributed by atoms with Gasteiger partial charge in [0, 0.05) is 32.6 Å². The molecule has 12 nitrogen and oxygen atoms in total. The predicted molar refractivity (Wildman–Crippen MR) is 151 cm³/mol. The van der Waals surface area contributed by atoms with Crippen molar-refractivity contribution in [3.63, 3.8) is 0 Å². The van der Waals surface area contributed by atoms with Crippen LogP contribution in [0, 0.1) is 0 Å². The van der Waals surface area contributed by atoms with Gasteiger partial charge in [-0.2, -0.15) is 10.1 Å². The maximum absolute atomic E-state index is 12.2. The van der Waals surface area contributed by atoms with E-state index < -0.39 is 15.2 Å². The summed E-state index contributed by atoms with van der Waals surface area (Å²) in [6.07, 6.45) is 7.93. The van der Waals surface area contributed by atoms with E-state index in [4.69, 9.17) is 22.8 Å². The zero-order chi connectivity index (χ0) is 29.6. The number of carbonyl (C=O) groups excluding carboxylic acids is 1. The van der Waals surface area contributed by atoms with Gasteiger partial charge >= 0.3 is 21.2 Å². The van der Waals surface area contributed by atoms with E-state index in [0.29, 0.717) is 19.5 Å². The van der Waals surface area contributed by atoms with Crippen molar-refractivity contribution in [1.82, 2.24) is 10.1 Å². The van der Waals surface area contributed by atoms with Gasteiger partial charge in [0.1, 0.15) is 6.10 Å². The van der Waals surface area contributed by atoms with Gasteiger partial charge in [0.25, 0.3) is 0 Å². The third kappa shape index (κ3) is 20.2. The standard InChI is InChI=1S/C13H25NO3.C12H29NO7P2/c1-2-3-4-5-6-7-13(15)17-12-8-10-14(16)11-9-12;1-5-17-21(15,18-6-2)11-9-13(14)10-12-22(16,19-7-3)20-8-4/h12,16H,2-11H2,1H3;14H,5-12H2,1-4H3. The van der Waals surface area contributed by atoms with E-state index in [-0.39, 0.29) is 63.9 Å². The van der Waals surface area contributed by atoms with Crippen molar-refractivity contribution >= 4 is 21.2 Å². The summed E-state index contributed by atoms with van der Waals surface area (Å²) in [4.78, 5) is 11.5. The normalized spacial score (nSPS) is 15.3. The molecule has 1 aliphatic rings. The predicted octanol–water partition coefficient (Wildman–Crippen LogP) is 5.95. The van der Waals surface area contributed by atoms with Crippen LogP contribution in [0.3, 0.4) is 0 Å². The molecule has 0 aromatic heterocycles. The van der Waals surface area contributed by atoms with Crippen LogP contribution in [0.1, 0.15) is 86.0 Å². The summed E-state index contributed by atoms with van der Waals surface area (Å²) < 4.78 is 50.4. The van der Waals surface area contributed by atoms with Crippen LogP contribution in [0.25, 0.3) is 0 Å². The Morgan fingerprint density at radius 2 is 1.23 bits per heavy atom. The molecule has 0 saturated carbocycles. The topological polar surface area (TPSA) is 144 Å². The first-order valence-electron chi connectivity index (χ1n) is 14.4. The molecule has 234 valence electrons. The summed E-state index contributed by atoms with van der Waals surface area (Å²) >= 11 is 0. The van der Waals surface area contributed by atoms with E-state index in [9.17, 15) is 24.3 Å². The Kier molecular flexibility index (Phi) is 23.0. The van der Waals surface area contributed by atoms with Crippen molar-refractivity contribution in [2.45, 2.75) is 92.1 Å². The summed E-state index contributed by atoms with van der Waals surface area (Å²) in [5, 5.41) is 21.2. The molecule has 0 unspecified atom stereocenters. The lowest BCUT2D eigenvalue weighted by atomic mass is 10.1. The van der Waals surface area contributed by atoms with E-state index in [1.807, 2.05) is 0 Å². The Morgan fingerprint density at radius 3 is 1.64 bits per heavy atom. The zero-order valence-corrected chi connectivity index (χ0v) is 26.5. The lowest BCUT2D eigenvalue weighted by molar-refractivity contribution is -0.161. The Labute approximate surface area is 235 Å². The molecular weight excluding hydrogens is 550 g/mol. The quantitative estimate of drug-likeness (QED) is 0.0691. The van der Waals surface area contributed by atoms with Crippen molar-refractivity contribution in [3.05, 3.63) is 0 Å². The SMILES string of the molecule is CCCCCCCC(=O)OC1CCN(O)CC1.CCOP(=O)(CCN(O)CCP(=O)(OCC)OCC)OCC. The molecule has 0 aromatic rings. The molecule has 0 radical (unpaired) electrons. The summed E-state index contributed by atoms with van der Waals surface area (Å²) in [6, 6.07) is 0. The van der Waals surface area contributed by atoms with E-state index in [2.05, 4.69) is 6.92 Å². The number of carbonyl (C=O) groups is 1. The minimum atomic E-state index is -3.20. The molecule has 1 fully saturated rings. The second kappa shape index (κ2) is 23.2. The summed E-state index contributed by atoms with van der Waals surface area (Å²) in [5.41, 5.74) is 0. The minimum absolute atomic E-state index is 0.0153. The number of piperidine rings is 1. The maximum Gasteiger partial charge on any atom is 0.332 e. The van der Waals surface area contributed by atoms with Crippen LogP contribution in [0.2, 0.25) is 0 Å². The molecule has 1 rings (SSSR count). The zero-order valence-electron chi connectivity index (χ0n) is 24.8. The highest BCUT2D eigenvalue weighted by Gasteiger charge is 2.27. The molecule has 0 amide bonds. The van der Waals surface area contributed by atoms with Gasteiger partial charge in [-0.25, -0.2) is 0 Å². The number of rotatable bonds is 21. The van der Waals surface area contributed by atoms with Crippen molar-refractivity contribution in [2.75, 3.05) is 64.9 Å². The lowest BCUT2D eigenvalue weighted by Crippen LogP contribution is -2.35. The van der Waals surface area contributed by atoms with Crippen LogP contribution in [-0.4, -0.2) is 97.5 Å². The Hall–Kier alpha value is -0.390. The number of ether oxygens (including phenoxy) is 1. The van der Waals surface area contributed by atoms with Gasteiger partial charge < -0.3 is 33.2 Å². The maximum atomic E-state index is 12.2. The van der Waals surface area contributed by atoms with Crippen LogP contribution < -0.4 is 0 Å². The first-order chi connectivity index (χ1) is 18.6. The Bertz CT molecular complexity index is 654. The fraction of sp³-hybridized carbons (Fsp3) is 0.960. The Morgan fingerprint density at radius 1 is 0.795 bits per heavy atom. The number of unbranched alkanes of at least 4 members (excludes halogenated alkanes) is 4. The second-order valence-corrected chi connectivity index (χ2v) is 13.5. The highest BCUT2D eigenvalue weighted by atomic mass is 31.2. The number of hydrogen-bond donors (Lipinski definition) is 2. The fourth-order valence-corrected chi connectivity index (χ4v) is 6.98. The third-order valence-electron chi connectivity index (χ3n) is 5.77. The van der Waals surface area contributed by atoms with Crippen LogP contribution in [0.5, 0.6) is 0 Å². The van der Waals surface area contributed by atoms with E-state index in [1.165, 1.54) is 24.3 Å². The number of nitrogens with zero attached hydrogens (tertiary/aromatic N) is 2. The molecule has 0 atom stereocenters. The molecule has 1 aliphatic heterocycles. The van der Waals surface area contributed by atoms with Crippen LogP contribution in [0.15, 0.2) is 0 Å². The molecule has 0 bridgehead atoms. The second-order valence-electron chi connectivity index (χ2n) is 9.10. The Balaban J connectivity index is 0.000000763. The fourth-order valence-electron chi connectivity index (χ4n) is 3.78. The van der Waals surface area contributed by atoms with Gasteiger partial charge in [0.15, 0.2) is 0 Å². The minimum Gasteiger partial charge on any atom is -0.462 e. The summed E-state index contributed by atoms with van der Waals surface area (Å²) in [7, 11) is -6.39. The van der Waals surface area contributed by atoms with Gasteiger partial charge in [-0.15, -0.1) is 0 Å². The first-order valence-corrected chi connectivity index (χ1v) is 17.9. The van der Waals surface area contributed by atoms with Crippen molar-refractivity contribution < 1.29 is 47.2 Å². The van der Waals surface area contributed by atoms with Gasteiger partial charge in [0.2, 0.25) is 0 Å². The summed E-state index contributed by atoms with van der Waals surface area (Å²) in [5.74, 6) is -0.0714. The largest absolute Gasteiger partial charge is 0.462 e. The van der Waals surface area contributed by atoms with E-state index >= 15 is 0 Å². The van der Waals surface area contributed by atoms with Gasteiger partial charge in [-0.3, -0.25) is 13.9 Å². The average molecular weight is 605 g/mol. The number of esters is 1. The molecule has 1 heterocycles. The molecule has 0 spiro atoms. The molecule has 2 N–H and O–H groups in total. The van der Waals surface area contributed by atoms with Crippen molar-refractivity contribution in [1.29, 1.82) is 0 Å². The van der Waals surface area contributed by atoms with Gasteiger partial charge in [0.05, 0.1) is 38.8 Å². The van der Waals surface area contributed by atoms with E-state index in [1.54, 1.807) is 27.7 Å². The van der Waals surface area contributed by atoms with Crippen molar-refractivity contribution in [3.8, 4) is 0 Å². The monoisotopic (exact) mass is 604 g/mol. The van der Waals surface area contributed by atoms with Crippen LogP contribution in [-0.2, 0) is 36.8 Å². The average Bonchev–Trinajstić information content (AvgIpc) is 2.89.